The van der Waals surface area contributed by atoms with Crippen LogP contribution in [-0.4, -0.2) is 71.5 Å². The molecule has 3 heterocycles. The molecule has 4 rings (SSSR count). The van der Waals surface area contributed by atoms with E-state index in [0.717, 1.165) is 17.1 Å². The molecule has 3 atom stereocenters. The third-order valence-electron chi connectivity index (χ3n) is 5.87. The normalized spacial score (nSPS) is 21.1. The van der Waals surface area contributed by atoms with Gasteiger partial charge in [0.1, 0.15) is 11.7 Å². The SMILES string of the molecule is C[C@H]1CN([C@@H](C)CO)C(=O)c2cc(Br)cnc2O[C@@H]1CN(C)Cc1ccc2c(c1)OCO2. The fourth-order valence-electron chi connectivity index (χ4n) is 4.02. The highest BCUT2D eigenvalue weighted by Crippen LogP contribution is 2.33. The Morgan fingerprint density at radius 2 is 2.09 bits per heavy atom. The number of halogens is 1. The van der Waals surface area contributed by atoms with Crippen molar-refractivity contribution in [2.75, 3.05) is 33.5 Å². The molecule has 0 radical (unpaired) electrons. The van der Waals surface area contributed by atoms with E-state index in [1.54, 1.807) is 17.2 Å². The maximum Gasteiger partial charge on any atom is 0.259 e. The van der Waals surface area contributed by atoms with Gasteiger partial charge in [-0.15, -0.1) is 0 Å². The van der Waals surface area contributed by atoms with Crippen LogP contribution in [-0.2, 0) is 6.54 Å². The van der Waals surface area contributed by atoms with Crippen LogP contribution in [0.2, 0.25) is 0 Å². The number of aromatic nitrogens is 1. The van der Waals surface area contributed by atoms with Crippen LogP contribution in [0.25, 0.3) is 0 Å². The van der Waals surface area contributed by atoms with E-state index in [1.807, 2.05) is 32.2 Å². The molecule has 0 saturated heterocycles. The van der Waals surface area contributed by atoms with Crippen LogP contribution in [0.3, 0.4) is 0 Å². The molecular formula is C23H28BrN3O5. The molecule has 0 aliphatic carbocycles. The average molecular weight is 506 g/mol. The molecule has 8 nitrogen and oxygen atoms in total. The molecule has 9 heteroatoms. The molecule has 0 saturated carbocycles. The van der Waals surface area contributed by atoms with Crippen molar-refractivity contribution in [3.05, 3.63) is 46.1 Å². The third-order valence-corrected chi connectivity index (χ3v) is 6.30. The summed E-state index contributed by atoms with van der Waals surface area (Å²) in [5, 5.41) is 9.72. The zero-order chi connectivity index (χ0) is 22.8. The Morgan fingerprint density at radius 1 is 1.31 bits per heavy atom. The molecule has 0 fully saturated rings. The summed E-state index contributed by atoms with van der Waals surface area (Å²) in [6.45, 7) is 5.89. The number of nitrogens with zero attached hydrogens (tertiary/aromatic N) is 3. The first-order valence-electron chi connectivity index (χ1n) is 10.7. The van der Waals surface area contributed by atoms with E-state index in [0.29, 0.717) is 35.6 Å². The van der Waals surface area contributed by atoms with Gasteiger partial charge in [0, 0.05) is 36.2 Å². The monoisotopic (exact) mass is 505 g/mol. The molecule has 0 bridgehead atoms. The number of aliphatic hydroxyl groups is 1. The largest absolute Gasteiger partial charge is 0.472 e. The highest BCUT2D eigenvalue weighted by molar-refractivity contribution is 9.10. The summed E-state index contributed by atoms with van der Waals surface area (Å²) >= 11 is 3.40. The van der Waals surface area contributed by atoms with Crippen LogP contribution in [0.5, 0.6) is 17.4 Å². The van der Waals surface area contributed by atoms with Gasteiger partial charge in [-0.05, 0) is 53.7 Å². The number of amides is 1. The minimum atomic E-state index is -0.304. The lowest BCUT2D eigenvalue weighted by Crippen LogP contribution is -2.49. The van der Waals surface area contributed by atoms with Crippen molar-refractivity contribution < 1.29 is 24.1 Å². The van der Waals surface area contributed by atoms with Crippen molar-refractivity contribution >= 4 is 21.8 Å². The second-order valence-electron chi connectivity index (χ2n) is 8.51. The van der Waals surface area contributed by atoms with Gasteiger partial charge in [-0.1, -0.05) is 13.0 Å². The Hall–Kier alpha value is -2.36. The lowest BCUT2D eigenvalue weighted by Gasteiger charge is -2.37. The second-order valence-corrected chi connectivity index (χ2v) is 9.43. The molecule has 0 unspecified atom stereocenters. The van der Waals surface area contributed by atoms with E-state index in [2.05, 4.69) is 32.7 Å². The van der Waals surface area contributed by atoms with Gasteiger partial charge in [-0.2, -0.15) is 0 Å². The van der Waals surface area contributed by atoms with E-state index in [-0.39, 0.29) is 37.4 Å². The first-order valence-corrected chi connectivity index (χ1v) is 11.5. The van der Waals surface area contributed by atoms with Crippen molar-refractivity contribution in [1.29, 1.82) is 0 Å². The molecule has 1 N–H and O–H groups in total. The number of rotatable bonds is 6. The second kappa shape index (κ2) is 9.64. The van der Waals surface area contributed by atoms with Crippen molar-refractivity contribution in [2.45, 2.75) is 32.5 Å². The number of ether oxygens (including phenoxy) is 3. The van der Waals surface area contributed by atoms with Gasteiger partial charge in [-0.3, -0.25) is 9.69 Å². The molecule has 2 aliphatic heterocycles. The topological polar surface area (TPSA) is 84.4 Å². The number of pyridine rings is 1. The van der Waals surface area contributed by atoms with E-state index in [1.165, 1.54) is 0 Å². The Morgan fingerprint density at radius 3 is 2.88 bits per heavy atom. The average Bonchev–Trinajstić information content (AvgIpc) is 3.24. The van der Waals surface area contributed by atoms with Crippen molar-refractivity contribution in [3.8, 4) is 17.4 Å². The summed E-state index contributed by atoms with van der Waals surface area (Å²) < 4.78 is 17.9. The van der Waals surface area contributed by atoms with Gasteiger partial charge < -0.3 is 24.2 Å². The maximum absolute atomic E-state index is 13.2. The molecule has 2 aliphatic rings. The van der Waals surface area contributed by atoms with Crippen LogP contribution < -0.4 is 14.2 Å². The summed E-state index contributed by atoms with van der Waals surface area (Å²) in [4.78, 5) is 21.5. The Bertz CT molecular complexity index is 988. The number of aliphatic hydroxyl groups excluding tert-OH is 1. The van der Waals surface area contributed by atoms with Crippen LogP contribution in [0, 0.1) is 5.92 Å². The molecule has 2 aromatic rings. The molecule has 32 heavy (non-hydrogen) atoms. The summed E-state index contributed by atoms with van der Waals surface area (Å²) in [6, 6.07) is 7.38. The minimum absolute atomic E-state index is 0.0331. The highest BCUT2D eigenvalue weighted by atomic mass is 79.9. The van der Waals surface area contributed by atoms with Crippen LogP contribution in [0.4, 0.5) is 0 Å². The van der Waals surface area contributed by atoms with E-state index < -0.39 is 0 Å². The first-order chi connectivity index (χ1) is 15.4. The third kappa shape index (κ3) is 4.84. The smallest absolute Gasteiger partial charge is 0.259 e. The first kappa shape index (κ1) is 22.8. The zero-order valence-corrected chi connectivity index (χ0v) is 20.0. The fourth-order valence-corrected chi connectivity index (χ4v) is 4.35. The van der Waals surface area contributed by atoms with E-state index in [9.17, 15) is 9.90 Å². The maximum atomic E-state index is 13.2. The molecule has 1 aromatic heterocycles. The number of carbonyl (C=O) groups is 1. The van der Waals surface area contributed by atoms with Gasteiger partial charge in [0.2, 0.25) is 12.7 Å². The number of carbonyl (C=O) groups excluding carboxylic acids is 1. The fraction of sp³-hybridized carbons (Fsp3) is 0.478. The van der Waals surface area contributed by atoms with Crippen LogP contribution in [0.1, 0.15) is 29.8 Å². The molecule has 0 spiro atoms. The van der Waals surface area contributed by atoms with Gasteiger partial charge in [0.15, 0.2) is 11.5 Å². The van der Waals surface area contributed by atoms with Crippen molar-refractivity contribution in [1.82, 2.24) is 14.8 Å². The Kier molecular flexibility index (Phi) is 6.88. The Balaban J connectivity index is 1.54. The lowest BCUT2D eigenvalue weighted by molar-refractivity contribution is 0.0325. The summed E-state index contributed by atoms with van der Waals surface area (Å²) in [5.74, 6) is 1.70. The standard InChI is InChI=1S/C23H28BrN3O5/c1-14-9-27(15(2)12-28)23(29)18-7-17(24)8-25-22(18)32-21(14)11-26(3)10-16-4-5-19-20(6-16)31-13-30-19/h4-8,14-15,21,28H,9-13H2,1-3H3/t14-,15-,21+/m0/s1. The number of likely N-dealkylation sites (N-methyl/N-ethyl adjacent to an activating group) is 1. The molecule has 1 amide bonds. The quantitative estimate of drug-likeness (QED) is 0.645. The van der Waals surface area contributed by atoms with Crippen molar-refractivity contribution in [2.24, 2.45) is 5.92 Å². The van der Waals surface area contributed by atoms with Crippen LogP contribution in [0.15, 0.2) is 34.9 Å². The van der Waals surface area contributed by atoms with Gasteiger partial charge in [0.25, 0.3) is 5.91 Å². The number of hydrogen-bond acceptors (Lipinski definition) is 7. The summed E-state index contributed by atoms with van der Waals surface area (Å²) in [5.41, 5.74) is 1.51. The predicted octanol–water partition coefficient (Wildman–Crippen LogP) is 2.92. The van der Waals surface area contributed by atoms with Crippen molar-refractivity contribution in [3.63, 3.8) is 0 Å². The van der Waals surface area contributed by atoms with E-state index in [4.69, 9.17) is 14.2 Å². The van der Waals surface area contributed by atoms with Gasteiger partial charge >= 0.3 is 0 Å². The van der Waals surface area contributed by atoms with Gasteiger partial charge in [0.05, 0.1) is 12.6 Å². The predicted molar refractivity (Wildman–Crippen MR) is 122 cm³/mol. The summed E-state index contributed by atoms with van der Waals surface area (Å²) in [7, 11) is 2.04. The zero-order valence-electron chi connectivity index (χ0n) is 18.5. The van der Waals surface area contributed by atoms with E-state index >= 15 is 0 Å². The van der Waals surface area contributed by atoms with Gasteiger partial charge in [-0.25, -0.2) is 4.98 Å². The number of benzene rings is 1. The Labute approximate surface area is 196 Å². The summed E-state index contributed by atoms with van der Waals surface area (Å²) in [6.07, 6.45) is 1.44. The lowest BCUT2D eigenvalue weighted by atomic mass is 10.00. The number of fused-ring (bicyclic) bond motifs is 2. The molecule has 172 valence electrons. The highest BCUT2D eigenvalue weighted by Gasteiger charge is 2.34. The number of hydrogen-bond donors (Lipinski definition) is 1. The minimum Gasteiger partial charge on any atom is -0.472 e. The van der Waals surface area contributed by atoms with Crippen LogP contribution >= 0.6 is 15.9 Å². The molecule has 1 aromatic carbocycles. The molecular weight excluding hydrogens is 478 g/mol.